The fourth-order valence-corrected chi connectivity index (χ4v) is 0.749. The van der Waals surface area contributed by atoms with Crippen LogP contribution in [0.4, 0.5) is 0 Å². The Labute approximate surface area is 111 Å². The smallest absolute Gasteiger partial charge is 0 e. The van der Waals surface area contributed by atoms with E-state index in [1.165, 1.54) is 13.3 Å². The van der Waals surface area contributed by atoms with Gasteiger partial charge in [0.1, 0.15) is 7.05 Å². The zero-order valence-electron chi connectivity index (χ0n) is 8.95. The van der Waals surface area contributed by atoms with Crippen LogP contribution in [-0.4, -0.2) is 18.0 Å². The third-order valence-corrected chi connectivity index (χ3v) is 1.13. The summed E-state index contributed by atoms with van der Waals surface area (Å²) < 4.78 is 23.3. The standard InChI is InChI=1S/C8H9NO.3CO.Cr/c1-9(10)7-8-5-3-2-4-6-8;3*1-2;/h2-7H,1H3;;;;/b9-7-;;;;. The van der Waals surface area contributed by atoms with Crippen LogP contribution in [-0.2, 0) is 31.3 Å². The Morgan fingerprint density at radius 2 is 1.35 bits per heavy atom. The molecule has 0 atom stereocenters. The number of nitrogens with zero attached hydrogens (tertiary/aromatic N) is 1. The molecule has 0 aliphatic heterocycles. The second-order valence-corrected chi connectivity index (χ2v) is 2.09. The molecule has 0 saturated heterocycles. The summed E-state index contributed by atoms with van der Waals surface area (Å²) in [5, 5.41) is 10.5. The monoisotopic (exact) mass is 271 g/mol. The van der Waals surface area contributed by atoms with E-state index in [2.05, 4.69) is 20.0 Å². The molecular formula is C11H9CrNO4. The zero-order chi connectivity index (χ0) is 13.4. The van der Waals surface area contributed by atoms with Gasteiger partial charge >= 0.3 is 33.9 Å². The summed E-state index contributed by atoms with van der Waals surface area (Å²) >= 11 is 0. The third kappa shape index (κ3) is 20.5. The molecule has 0 amide bonds. The molecule has 0 N–H and O–H groups in total. The first kappa shape index (κ1) is 24.6. The predicted octanol–water partition coefficient (Wildman–Crippen LogP) is 1.13. The second-order valence-electron chi connectivity index (χ2n) is 2.09. The van der Waals surface area contributed by atoms with Crippen LogP contribution in [0.1, 0.15) is 5.56 Å². The maximum absolute atomic E-state index is 10.5. The second kappa shape index (κ2) is 23.9. The minimum Gasteiger partial charge on any atom is 0 e. The van der Waals surface area contributed by atoms with E-state index in [0.29, 0.717) is 0 Å². The van der Waals surface area contributed by atoms with Crippen molar-refractivity contribution < 1.29 is 36.1 Å². The topological polar surface area (TPSA) is 85.8 Å². The van der Waals surface area contributed by atoms with Crippen LogP contribution in [0.25, 0.3) is 0 Å². The van der Waals surface area contributed by atoms with Gasteiger partial charge in [0.05, 0.1) is 0 Å². The minimum atomic E-state index is 0. The Morgan fingerprint density at radius 1 is 1.00 bits per heavy atom. The zero-order valence-corrected chi connectivity index (χ0v) is 10.2. The summed E-state index contributed by atoms with van der Waals surface area (Å²) in [6.07, 6.45) is 1.53. The molecule has 0 aliphatic rings. The van der Waals surface area contributed by atoms with Gasteiger partial charge < -0.3 is 5.21 Å². The summed E-state index contributed by atoms with van der Waals surface area (Å²) in [5.41, 5.74) is 0.931. The molecule has 0 aromatic heterocycles. The van der Waals surface area contributed by atoms with Crippen molar-refractivity contribution >= 4 is 6.21 Å². The summed E-state index contributed by atoms with van der Waals surface area (Å²) in [4.78, 5) is 0. The Balaban J connectivity index is -0.000000106. The molecule has 0 fully saturated rings. The van der Waals surface area contributed by atoms with Crippen molar-refractivity contribution in [3.63, 3.8) is 0 Å². The van der Waals surface area contributed by atoms with Crippen LogP contribution < -0.4 is 0 Å². The summed E-state index contributed by atoms with van der Waals surface area (Å²) in [5.74, 6) is 0. The van der Waals surface area contributed by atoms with Crippen LogP contribution in [0, 0.1) is 25.2 Å². The van der Waals surface area contributed by atoms with Gasteiger partial charge in [-0.1, -0.05) is 18.2 Å². The van der Waals surface area contributed by atoms with E-state index in [-0.39, 0.29) is 17.4 Å². The van der Waals surface area contributed by atoms with Gasteiger partial charge in [-0.15, -0.1) is 0 Å². The number of hydrogen-bond acceptors (Lipinski definition) is 1. The Kier molecular flexibility index (Phi) is 34.6. The molecule has 1 aromatic carbocycles. The van der Waals surface area contributed by atoms with E-state index >= 15 is 0 Å². The maximum atomic E-state index is 10.5. The fraction of sp³-hybridized carbons (Fsp3) is 0.0909. The largest absolute Gasteiger partial charge is 0 e. The molecule has 0 saturated carbocycles. The summed E-state index contributed by atoms with van der Waals surface area (Å²) in [6, 6.07) is 9.48. The van der Waals surface area contributed by atoms with Crippen molar-refractivity contribution in [1.82, 2.24) is 0 Å². The minimum absolute atomic E-state index is 0. The molecule has 0 spiro atoms. The average Bonchev–Trinajstić information content (AvgIpc) is 2.37. The normalized spacial score (nSPS) is 7.12. The van der Waals surface area contributed by atoms with Crippen molar-refractivity contribution in [2.75, 3.05) is 7.05 Å². The third-order valence-electron chi connectivity index (χ3n) is 1.13. The number of hydroxylamine groups is 1. The molecule has 0 aliphatic carbocycles. The van der Waals surface area contributed by atoms with Gasteiger partial charge in [0, 0.05) is 22.9 Å². The summed E-state index contributed by atoms with van der Waals surface area (Å²) in [7, 11) is 1.47. The molecular weight excluding hydrogens is 262 g/mol. The van der Waals surface area contributed by atoms with E-state index in [0.717, 1.165) is 10.3 Å². The predicted molar refractivity (Wildman–Crippen MR) is 52.9 cm³/mol. The van der Waals surface area contributed by atoms with Gasteiger partial charge in [-0.2, -0.15) is 0 Å². The van der Waals surface area contributed by atoms with Crippen LogP contribution in [0.5, 0.6) is 0 Å². The van der Waals surface area contributed by atoms with E-state index in [9.17, 15) is 5.21 Å². The molecule has 17 heavy (non-hydrogen) atoms. The van der Waals surface area contributed by atoms with E-state index < -0.39 is 0 Å². The van der Waals surface area contributed by atoms with Crippen LogP contribution in [0.3, 0.4) is 0 Å². The first-order valence-corrected chi connectivity index (χ1v) is 3.70. The van der Waals surface area contributed by atoms with Crippen molar-refractivity contribution in [3.05, 3.63) is 61.1 Å². The molecule has 1 aromatic rings. The molecule has 6 heteroatoms. The molecule has 0 heterocycles. The molecule has 5 nitrogen and oxygen atoms in total. The maximum Gasteiger partial charge on any atom is 0 e. The van der Waals surface area contributed by atoms with Gasteiger partial charge in [0.15, 0.2) is 6.21 Å². The molecule has 0 radical (unpaired) electrons. The molecule has 0 bridgehead atoms. The van der Waals surface area contributed by atoms with Crippen molar-refractivity contribution in [2.24, 2.45) is 0 Å². The van der Waals surface area contributed by atoms with E-state index in [1.54, 1.807) is 0 Å². The first-order chi connectivity index (χ1) is 7.79. The Hall–Kier alpha value is -1.56. The van der Waals surface area contributed by atoms with E-state index in [4.69, 9.17) is 14.0 Å². The molecule has 88 valence electrons. The average molecular weight is 271 g/mol. The first-order valence-electron chi connectivity index (χ1n) is 3.70. The quantitative estimate of drug-likeness (QED) is 0.188. The summed E-state index contributed by atoms with van der Waals surface area (Å²) in [6.45, 7) is 13.5. The SMILES string of the molecule is C/[N+]([O-])=C/c1ccccc1.[C-]#[O+].[C-]#[O+].[C-]#[O+].[Cr]. The van der Waals surface area contributed by atoms with Crippen molar-refractivity contribution in [3.8, 4) is 0 Å². The van der Waals surface area contributed by atoms with Gasteiger partial charge in [0.25, 0.3) is 0 Å². The molecule has 1 rings (SSSR count). The van der Waals surface area contributed by atoms with Crippen molar-refractivity contribution in [2.45, 2.75) is 0 Å². The number of hydrogen-bond donors (Lipinski definition) is 0. The van der Waals surface area contributed by atoms with Gasteiger partial charge in [-0.3, -0.25) is 0 Å². The number of benzene rings is 1. The van der Waals surface area contributed by atoms with Crippen LogP contribution >= 0.6 is 0 Å². The fourth-order valence-electron chi connectivity index (χ4n) is 0.749. The van der Waals surface area contributed by atoms with Gasteiger partial charge in [0.2, 0.25) is 0 Å². The Morgan fingerprint density at radius 3 is 1.65 bits per heavy atom. The van der Waals surface area contributed by atoms with Gasteiger partial charge in [-0.05, 0) is 12.1 Å². The van der Waals surface area contributed by atoms with E-state index in [1.807, 2.05) is 30.3 Å². The van der Waals surface area contributed by atoms with Crippen molar-refractivity contribution in [1.29, 1.82) is 0 Å². The molecule has 0 unspecified atom stereocenters. The van der Waals surface area contributed by atoms with Gasteiger partial charge in [-0.25, -0.2) is 4.74 Å². The van der Waals surface area contributed by atoms with Crippen LogP contribution in [0.2, 0.25) is 0 Å². The number of rotatable bonds is 1. The van der Waals surface area contributed by atoms with Crippen LogP contribution in [0.15, 0.2) is 30.3 Å². The Bertz CT molecular complexity index is 325.